The smallest absolute Gasteiger partial charge is 0.337 e. The lowest BCUT2D eigenvalue weighted by molar-refractivity contribution is -0.136. The molecule has 6 nitrogen and oxygen atoms in total. The van der Waals surface area contributed by atoms with Gasteiger partial charge in [0.05, 0.1) is 31.5 Å². The first kappa shape index (κ1) is 19.3. The van der Waals surface area contributed by atoms with Crippen molar-refractivity contribution in [1.82, 2.24) is 5.32 Å². The summed E-state index contributed by atoms with van der Waals surface area (Å²) in [5.74, 6) is -1.77. The highest BCUT2D eigenvalue weighted by molar-refractivity contribution is 6.03. The SMILES string of the molecule is COC(=O)C1=C(C)N(c2ccc(OC)cc2)C(=O)N[C@@H]1c1ccc(F)cc1F. The molecule has 1 atom stereocenters. The summed E-state index contributed by atoms with van der Waals surface area (Å²) in [5.41, 5.74) is 0.761. The highest BCUT2D eigenvalue weighted by Gasteiger charge is 2.38. The molecule has 0 spiro atoms. The number of halogens is 2. The number of urea groups is 1. The van der Waals surface area contributed by atoms with Crippen molar-refractivity contribution in [2.45, 2.75) is 13.0 Å². The van der Waals surface area contributed by atoms with Crippen molar-refractivity contribution in [3.8, 4) is 5.75 Å². The van der Waals surface area contributed by atoms with E-state index in [1.165, 1.54) is 25.2 Å². The zero-order valence-electron chi connectivity index (χ0n) is 15.5. The van der Waals surface area contributed by atoms with Gasteiger partial charge in [0.25, 0.3) is 0 Å². The Morgan fingerprint density at radius 3 is 2.36 bits per heavy atom. The van der Waals surface area contributed by atoms with Gasteiger partial charge in [-0.15, -0.1) is 0 Å². The molecule has 1 N–H and O–H groups in total. The fourth-order valence-electron chi connectivity index (χ4n) is 3.13. The number of ether oxygens (including phenoxy) is 2. The van der Waals surface area contributed by atoms with Crippen molar-refractivity contribution in [1.29, 1.82) is 0 Å². The molecule has 8 heteroatoms. The van der Waals surface area contributed by atoms with Crippen molar-refractivity contribution < 1.29 is 27.8 Å². The summed E-state index contributed by atoms with van der Waals surface area (Å²) in [7, 11) is 2.71. The van der Waals surface area contributed by atoms with E-state index in [0.29, 0.717) is 17.5 Å². The molecule has 0 saturated carbocycles. The van der Waals surface area contributed by atoms with E-state index in [-0.39, 0.29) is 16.8 Å². The Hall–Kier alpha value is -3.42. The van der Waals surface area contributed by atoms with Gasteiger partial charge in [-0.25, -0.2) is 18.4 Å². The highest BCUT2D eigenvalue weighted by Crippen LogP contribution is 2.35. The Morgan fingerprint density at radius 1 is 1.11 bits per heavy atom. The number of hydrogen-bond acceptors (Lipinski definition) is 4. The normalized spacial score (nSPS) is 16.7. The molecule has 1 aliphatic heterocycles. The lowest BCUT2D eigenvalue weighted by atomic mass is 9.94. The maximum Gasteiger partial charge on any atom is 0.337 e. The first-order valence-corrected chi connectivity index (χ1v) is 8.36. The molecular formula is C20H18F2N2O4. The van der Waals surface area contributed by atoms with Gasteiger partial charge in [-0.3, -0.25) is 4.90 Å². The number of allylic oxidation sites excluding steroid dienone is 1. The maximum atomic E-state index is 14.3. The van der Waals surface area contributed by atoms with Crippen molar-refractivity contribution in [3.63, 3.8) is 0 Å². The Kier molecular flexibility index (Phi) is 5.30. The van der Waals surface area contributed by atoms with Crippen LogP contribution >= 0.6 is 0 Å². The van der Waals surface area contributed by atoms with Gasteiger partial charge in [0.15, 0.2) is 0 Å². The van der Waals surface area contributed by atoms with E-state index >= 15 is 0 Å². The number of carbonyl (C=O) groups is 2. The maximum absolute atomic E-state index is 14.3. The van der Waals surface area contributed by atoms with E-state index in [9.17, 15) is 18.4 Å². The lowest BCUT2D eigenvalue weighted by Gasteiger charge is -2.35. The van der Waals surface area contributed by atoms with Crippen molar-refractivity contribution in [3.05, 3.63) is 70.9 Å². The third-order valence-electron chi connectivity index (χ3n) is 4.49. The van der Waals surface area contributed by atoms with Gasteiger partial charge >= 0.3 is 12.0 Å². The van der Waals surface area contributed by atoms with Gasteiger partial charge in [0.1, 0.15) is 17.4 Å². The summed E-state index contributed by atoms with van der Waals surface area (Å²) >= 11 is 0. The summed E-state index contributed by atoms with van der Waals surface area (Å²) in [6.45, 7) is 1.56. The lowest BCUT2D eigenvalue weighted by Crippen LogP contribution is -2.48. The molecule has 0 fully saturated rings. The standard InChI is InChI=1S/C20H18F2N2O4/c1-11-17(19(25)28-3)18(15-9-4-12(21)10-16(15)22)23-20(26)24(11)13-5-7-14(27-2)8-6-13/h4-10,18H,1-3H3,(H,23,26)/t18-/m1/s1. The fraction of sp³-hybridized carbons (Fsp3) is 0.200. The second kappa shape index (κ2) is 7.67. The first-order valence-electron chi connectivity index (χ1n) is 8.36. The van der Waals surface area contributed by atoms with Crippen LogP contribution in [0.4, 0.5) is 19.3 Å². The number of amides is 2. The van der Waals surface area contributed by atoms with Crippen molar-refractivity contribution in [2.24, 2.45) is 0 Å². The van der Waals surface area contributed by atoms with Crippen LogP contribution in [0, 0.1) is 11.6 Å². The van der Waals surface area contributed by atoms with E-state index in [1.807, 2.05) is 0 Å². The molecule has 1 aliphatic rings. The second-order valence-corrected chi connectivity index (χ2v) is 6.07. The molecule has 0 radical (unpaired) electrons. The van der Waals surface area contributed by atoms with Crippen LogP contribution in [0.3, 0.4) is 0 Å². The molecule has 1 heterocycles. The first-order chi connectivity index (χ1) is 13.4. The molecule has 2 amide bonds. The van der Waals surface area contributed by atoms with Crippen molar-refractivity contribution >= 4 is 17.7 Å². The van der Waals surface area contributed by atoms with Crippen LogP contribution in [0.1, 0.15) is 18.5 Å². The van der Waals surface area contributed by atoms with E-state index < -0.39 is 29.7 Å². The minimum Gasteiger partial charge on any atom is -0.497 e. The molecular weight excluding hydrogens is 370 g/mol. The van der Waals surface area contributed by atoms with E-state index in [2.05, 4.69) is 5.32 Å². The Morgan fingerprint density at radius 2 is 1.79 bits per heavy atom. The van der Waals surface area contributed by atoms with Crippen LogP contribution in [0.2, 0.25) is 0 Å². The number of methoxy groups -OCH3 is 2. The number of nitrogens with zero attached hydrogens (tertiary/aromatic N) is 1. The second-order valence-electron chi connectivity index (χ2n) is 6.07. The summed E-state index contributed by atoms with van der Waals surface area (Å²) in [6.07, 6.45) is 0. The molecule has 2 aromatic rings. The summed E-state index contributed by atoms with van der Waals surface area (Å²) < 4.78 is 37.6. The fourth-order valence-corrected chi connectivity index (χ4v) is 3.13. The van der Waals surface area contributed by atoms with Crippen LogP contribution < -0.4 is 15.0 Å². The predicted molar refractivity (Wildman–Crippen MR) is 97.8 cm³/mol. The van der Waals surface area contributed by atoms with Gasteiger partial charge in [-0.1, -0.05) is 6.07 Å². The van der Waals surface area contributed by atoms with Gasteiger partial charge in [0.2, 0.25) is 0 Å². The summed E-state index contributed by atoms with van der Waals surface area (Å²) in [4.78, 5) is 26.5. The Labute approximate surface area is 160 Å². The number of hydrogen-bond donors (Lipinski definition) is 1. The summed E-state index contributed by atoms with van der Waals surface area (Å²) in [5, 5.41) is 2.60. The number of anilines is 1. The van der Waals surface area contributed by atoms with Gasteiger partial charge in [0, 0.05) is 17.3 Å². The highest BCUT2D eigenvalue weighted by atomic mass is 19.1. The van der Waals surface area contributed by atoms with Gasteiger partial charge in [-0.05, 0) is 37.3 Å². The number of nitrogens with one attached hydrogen (secondary N) is 1. The molecule has 2 aromatic carbocycles. The van der Waals surface area contributed by atoms with Crippen LogP contribution in [0.15, 0.2) is 53.7 Å². The zero-order valence-corrected chi connectivity index (χ0v) is 15.5. The zero-order chi connectivity index (χ0) is 20.4. The van der Waals surface area contributed by atoms with Crippen molar-refractivity contribution in [2.75, 3.05) is 19.1 Å². The third kappa shape index (κ3) is 3.40. The average molecular weight is 388 g/mol. The van der Waals surface area contributed by atoms with Gasteiger partial charge < -0.3 is 14.8 Å². The average Bonchev–Trinajstić information content (AvgIpc) is 2.67. The van der Waals surface area contributed by atoms with Crippen LogP contribution in [0.5, 0.6) is 5.75 Å². The largest absolute Gasteiger partial charge is 0.497 e. The topological polar surface area (TPSA) is 67.9 Å². The van der Waals surface area contributed by atoms with Crippen LogP contribution in [0.25, 0.3) is 0 Å². The molecule has 0 aliphatic carbocycles. The predicted octanol–water partition coefficient (Wildman–Crippen LogP) is 3.69. The van der Waals surface area contributed by atoms with Gasteiger partial charge in [-0.2, -0.15) is 0 Å². The number of rotatable bonds is 4. The quantitative estimate of drug-likeness (QED) is 0.812. The minimum atomic E-state index is -1.12. The third-order valence-corrected chi connectivity index (χ3v) is 4.49. The molecule has 146 valence electrons. The summed E-state index contributed by atoms with van der Waals surface area (Å²) in [6, 6.07) is 7.89. The molecule has 0 unspecified atom stereocenters. The van der Waals surface area contributed by atoms with E-state index in [1.54, 1.807) is 31.2 Å². The molecule has 0 aromatic heterocycles. The Balaban J connectivity index is 2.13. The number of carbonyl (C=O) groups excluding carboxylic acids is 2. The van der Waals surface area contributed by atoms with E-state index in [4.69, 9.17) is 9.47 Å². The van der Waals surface area contributed by atoms with E-state index in [0.717, 1.165) is 6.07 Å². The molecule has 28 heavy (non-hydrogen) atoms. The Bertz CT molecular complexity index is 957. The van der Waals surface area contributed by atoms with Crippen LogP contribution in [-0.4, -0.2) is 26.2 Å². The monoisotopic (exact) mass is 388 g/mol. The molecule has 3 rings (SSSR count). The number of benzene rings is 2. The molecule has 0 bridgehead atoms. The number of esters is 1. The minimum absolute atomic E-state index is 0.0381. The van der Waals surface area contributed by atoms with Crippen LogP contribution in [-0.2, 0) is 9.53 Å². The molecule has 0 saturated heterocycles.